The van der Waals surface area contributed by atoms with E-state index in [1.54, 1.807) is 25.1 Å². The van der Waals surface area contributed by atoms with Gasteiger partial charge in [-0.05, 0) is 49.4 Å². The summed E-state index contributed by atoms with van der Waals surface area (Å²) in [4.78, 5) is 11.1. The summed E-state index contributed by atoms with van der Waals surface area (Å²) in [7, 11) is -0.697. The predicted octanol–water partition coefficient (Wildman–Crippen LogP) is 2.70. The van der Waals surface area contributed by atoms with Crippen LogP contribution in [0.15, 0.2) is 47.4 Å². The molecule has 2 aromatic rings. The van der Waals surface area contributed by atoms with Crippen LogP contribution in [0.4, 0.5) is 5.69 Å². The molecule has 2 N–H and O–H groups in total. The van der Waals surface area contributed by atoms with Gasteiger partial charge in [-0.1, -0.05) is 0 Å². The van der Waals surface area contributed by atoms with Gasteiger partial charge >= 0.3 is 0 Å². The maximum Gasteiger partial charge on any atom is 0.241 e. The molecule has 0 unspecified atom stereocenters. The van der Waals surface area contributed by atoms with Crippen molar-refractivity contribution in [3.63, 3.8) is 0 Å². The van der Waals surface area contributed by atoms with Gasteiger partial charge in [0.25, 0.3) is 0 Å². The van der Waals surface area contributed by atoms with Crippen LogP contribution in [0.5, 0.6) is 11.5 Å². The van der Waals surface area contributed by atoms with Crippen LogP contribution in [0.2, 0.25) is 0 Å². The van der Waals surface area contributed by atoms with Crippen molar-refractivity contribution < 1.29 is 22.7 Å². The molecule has 2 rings (SSSR count). The molecule has 0 aliphatic carbocycles. The molecule has 0 bridgehead atoms. The number of hydrogen-bond donors (Lipinski definition) is 2. The first-order valence-corrected chi connectivity index (χ1v) is 9.37. The van der Waals surface area contributed by atoms with Crippen LogP contribution in [0, 0.1) is 0 Å². The van der Waals surface area contributed by atoms with Gasteiger partial charge in [0.2, 0.25) is 15.9 Å². The molecule has 7 nitrogen and oxygen atoms in total. The molecule has 0 radical (unpaired) electrons. The Kier molecular flexibility index (Phi) is 6.23. The molecule has 140 valence electrons. The Morgan fingerprint density at radius 1 is 1.04 bits per heavy atom. The van der Waals surface area contributed by atoms with Gasteiger partial charge in [-0.25, -0.2) is 13.1 Å². The number of amides is 1. The Labute approximate surface area is 153 Å². The van der Waals surface area contributed by atoms with E-state index >= 15 is 0 Å². The molecule has 26 heavy (non-hydrogen) atoms. The third kappa shape index (κ3) is 4.74. The van der Waals surface area contributed by atoms with Crippen molar-refractivity contribution in [3.8, 4) is 11.5 Å². The summed E-state index contributed by atoms with van der Waals surface area (Å²) in [5.74, 6) is 0.936. The summed E-state index contributed by atoms with van der Waals surface area (Å²) in [6, 6.07) is 10.6. The number of carbonyl (C=O) groups excluding carboxylic acids is 1. The summed E-state index contributed by atoms with van der Waals surface area (Å²) in [5, 5.41) is 2.59. The highest BCUT2D eigenvalue weighted by Crippen LogP contribution is 2.30. The molecular formula is C18H22N2O5S. The van der Waals surface area contributed by atoms with Crippen molar-refractivity contribution in [2.24, 2.45) is 0 Å². The van der Waals surface area contributed by atoms with E-state index < -0.39 is 16.1 Å². The van der Waals surface area contributed by atoms with Gasteiger partial charge in [-0.3, -0.25) is 4.79 Å². The third-order valence-electron chi connectivity index (χ3n) is 3.72. The van der Waals surface area contributed by atoms with Crippen molar-refractivity contribution in [2.75, 3.05) is 19.5 Å². The van der Waals surface area contributed by atoms with Crippen LogP contribution in [0.1, 0.15) is 25.5 Å². The van der Waals surface area contributed by atoms with E-state index in [0.29, 0.717) is 22.7 Å². The monoisotopic (exact) mass is 378 g/mol. The molecule has 1 amide bonds. The third-order valence-corrected chi connectivity index (χ3v) is 5.28. The first-order valence-electron chi connectivity index (χ1n) is 7.88. The van der Waals surface area contributed by atoms with Crippen LogP contribution < -0.4 is 19.5 Å². The molecule has 0 saturated heterocycles. The second-order valence-electron chi connectivity index (χ2n) is 5.66. The number of benzene rings is 2. The molecule has 0 aliphatic heterocycles. The zero-order valence-electron chi connectivity index (χ0n) is 15.1. The van der Waals surface area contributed by atoms with Gasteiger partial charge in [-0.2, -0.15) is 0 Å². The van der Waals surface area contributed by atoms with Crippen molar-refractivity contribution in [2.45, 2.75) is 24.8 Å². The number of methoxy groups -OCH3 is 2. The van der Waals surface area contributed by atoms with E-state index in [1.807, 2.05) is 0 Å². The van der Waals surface area contributed by atoms with Crippen LogP contribution >= 0.6 is 0 Å². The lowest BCUT2D eigenvalue weighted by atomic mass is 10.1. The number of sulfonamides is 1. The minimum absolute atomic E-state index is 0.0975. The quantitative estimate of drug-likeness (QED) is 0.773. The maximum absolute atomic E-state index is 12.6. The highest BCUT2D eigenvalue weighted by Gasteiger charge is 2.21. The number of rotatable bonds is 7. The second kappa shape index (κ2) is 8.20. The average Bonchev–Trinajstić information content (AvgIpc) is 2.60. The fourth-order valence-corrected chi connectivity index (χ4v) is 3.69. The molecule has 2 aromatic carbocycles. The van der Waals surface area contributed by atoms with Gasteiger partial charge < -0.3 is 14.8 Å². The zero-order valence-corrected chi connectivity index (χ0v) is 15.9. The molecular weight excluding hydrogens is 356 g/mol. The van der Waals surface area contributed by atoms with Gasteiger partial charge in [-0.15, -0.1) is 0 Å². The number of ether oxygens (including phenoxy) is 2. The largest absolute Gasteiger partial charge is 0.497 e. The van der Waals surface area contributed by atoms with E-state index in [2.05, 4.69) is 10.0 Å². The van der Waals surface area contributed by atoms with E-state index in [-0.39, 0.29) is 10.8 Å². The molecule has 0 saturated carbocycles. The van der Waals surface area contributed by atoms with Crippen molar-refractivity contribution in [3.05, 3.63) is 48.0 Å². The van der Waals surface area contributed by atoms with Crippen LogP contribution in [-0.4, -0.2) is 28.5 Å². The van der Waals surface area contributed by atoms with E-state index in [4.69, 9.17) is 9.47 Å². The topological polar surface area (TPSA) is 93.7 Å². The van der Waals surface area contributed by atoms with Gasteiger partial charge in [0.1, 0.15) is 11.5 Å². The lowest BCUT2D eigenvalue weighted by Gasteiger charge is -2.18. The standard InChI is InChI=1S/C18H22N2O5S/c1-12(17-11-15(24-3)7-10-18(17)25-4)20-26(22,23)16-8-5-14(6-9-16)19-13(2)21/h5-12,20H,1-4H3,(H,19,21)/t12-/m1/s1. The molecule has 0 aromatic heterocycles. The van der Waals surface area contributed by atoms with E-state index in [0.717, 1.165) is 0 Å². The molecule has 1 atom stereocenters. The van der Waals surface area contributed by atoms with Gasteiger partial charge in [0.05, 0.1) is 19.1 Å². The Morgan fingerprint density at radius 2 is 1.69 bits per heavy atom. The Balaban J connectivity index is 2.24. The molecule has 0 aliphatic rings. The maximum atomic E-state index is 12.6. The number of nitrogens with one attached hydrogen (secondary N) is 2. The smallest absolute Gasteiger partial charge is 0.241 e. The lowest BCUT2D eigenvalue weighted by molar-refractivity contribution is -0.114. The van der Waals surface area contributed by atoms with Crippen LogP contribution in [0.3, 0.4) is 0 Å². The zero-order chi connectivity index (χ0) is 19.3. The summed E-state index contributed by atoms with van der Waals surface area (Å²) in [6.45, 7) is 3.11. The summed E-state index contributed by atoms with van der Waals surface area (Å²) in [6.07, 6.45) is 0. The summed E-state index contributed by atoms with van der Waals surface area (Å²) in [5.41, 5.74) is 1.18. The Hall–Kier alpha value is -2.58. The lowest BCUT2D eigenvalue weighted by Crippen LogP contribution is -2.27. The van der Waals surface area contributed by atoms with Gasteiger partial charge in [0.15, 0.2) is 0 Å². The van der Waals surface area contributed by atoms with Crippen molar-refractivity contribution >= 4 is 21.6 Å². The summed E-state index contributed by atoms with van der Waals surface area (Å²) >= 11 is 0. The van der Waals surface area contributed by atoms with Gasteiger partial charge in [0, 0.05) is 24.2 Å². The SMILES string of the molecule is COc1ccc(OC)c([C@@H](C)NS(=O)(=O)c2ccc(NC(C)=O)cc2)c1. The second-order valence-corrected chi connectivity index (χ2v) is 7.37. The fraction of sp³-hybridized carbons (Fsp3) is 0.278. The molecule has 8 heteroatoms. The van der Waals surface area contributed by atoms with Crippen LogP contribution in [-0.2, 0) is 14.8 Å². The van der Waals surface area contributed by atoms with E-state index in [1.165, 1.54) is 45.4 Å². The molecule has 0 heterocycles. The average molecular weight is 378 g/mol. The normalized spacial score (nSPS) is 12.3. The van der Waals surface area contributed by atoms with Crippen molar-refractivity contribution in [1.29, 1.82) is 0 Å². The highest BCUT2D eigenvalue weighted by atomic mass is 32.2. The fourth-order valence-electron chi connectivity index (χ4n) is 2.46. The first-order chi connectivity index (χ1) is 12.3. The summed E-state index contributed by atoms with van der Waals surface area (Å²) < 4.78 is 38.4. The number of hydrogen-bond acceptors (Lipinski definition) is 5. The highest BCUT2D eigenvalue weighted by molar-refractivity contribution is 7.89. The number of anilines is 1. The predicted molar refractivity (Wildman–Crippen MR) is 99.0 cm³/mol. The minimum Gasteiger partial charge on any atom is -0.497 e. The first kappa shape index (κ1) is 19.7. The van der Waals surface area contributed by atoms with Crippen LogP contribution in [0.25, 0.3) is 0 Å². The molecule has 0 spiro atoms. The number of carbonyl (C=O) groups is 1. The minimum atomic E-state index is -3.76. The van der Waals surface area contributed by atoms with Crippen molar-refractivity contribution in [1.82, 2.24) is 4.72 Å². The Bertz CT molecular complexity index is 879. The molecule has 0 fully saturated rings. The Morgan fingerprint density at radius 3 is 2.23 bits per heavy atom. The van der Waals surface area contributed by atoms with E-state index in [9.17, 15) is 13.2 Å².